The lowest BCUT2D eigenvalue weighted by Crippen LogP contribution is -2.07. The minimum absolute atomic E-state index is 0.0639. The Morgan fingerprint density at radius 3 is 2.44 bits per heavy atom. The van der Waals surface area contributed by atoms with Gasteiger partial charge in [0.25, 0.3) is 0 Å². The van der Waals surface area contributed by atoms with Gasteiger partial charge < -0.3 is 4.84 Å². The molecule has 1 aliphatic carbocycles. The highest BCUT2D eigenvalue weighted by atomic mass is 19.1. The lowest BCUT2D eigenvalue weighted by molar-refractivity contribution is 0.129. The molecule has 1 radical (unpaired) electrons. The summed E-state index contributed by atoms with van der Waals surface area (Å²) in [6, 6.07) is 3.30. The minimum Gasteiger partial charge on any atom is -0.391 e. The highest BCUT2D eigenvalue weighted by molar-refractivity contribution is 5.59. The Balaban J connectivity index is 1.78. The summed E-state index contributed by atoms with van der Waals surface area (Å²) in [5, 5.41) is 3.75. The summed E-state index contributed by atoms with van der Waals surface area (Å²) >= 11 is 0. The molecule has 1 saturated carbocycles. The van der Waals surface area contributed by atoms with Crippen molar-refractivity contribution in [1.29, 1.82) is 0 Å². The molecule has 0 amide bonds. The van der Waals surface area contributed by atoms with Crippen molar-refractivity contribution in [3.8, 4) is 0 Å². The van der Waals surface area contributed by atoms with Crippen molar-refractivity contribution in [3.05, 3.63) is 35.4 Å². The van der Waals surface area contributed by atoms with Crippen LogP contribution in [-0.4, -0.2) is 6.21 Å². The van der Waals surface area contributed by atoms with E-state index in [0.717, 1.165) is 18.9 Å². The smallest absolute Gasteiger partial charge is 0.142 e. The first-order valence-corrected chi connectivity index (χ1v) is 6.26. The van der Waals surface area contributed by atoms with E-state index in [1.54, 1.807) is 0 Å². The van der Waals surface area contributed by atoms with Crippen molar-refractivity contribution in [1.82, 2.24) is 0 Å². The van der Waals surface area contributed by atoms with E-state index in [4.69, 9.17) is 4.84 Å². The van der Waals surface area contributed by atoms with Crippen molar-refractivity contribution >= 4 is 6.21 Å². The van der Waals surface area contributed by atoms with Crippen molar-refractivity contribution in [2.45, 2.75) is 38.7 Å². The molecule has 0 unspecified atom stereocenters. The second-order valence-electron chi connectivity index (χ2n) is 4.61. The van der Waals surface area contributed by atoms with Crippen LogP contribution >= 0.6 is 0 Å². The zero-order valence-corrected chi connectivity index (χ0v) is 10.2. The lowest BCUT2D eigenvalue weighted by atomic mass is 9.90. The van der Waals surface area contributed by atoms with Gasteiger partial charge in [0.2, 0.25) is 0 Å². The SMILES string of the molecule is Fc1cc(F)cc(CON=[C]C2CCCCC2)c1. The van der Waals surface area contributed by atoms with Crippen LogP contribution in [0.4, 0.5) is 8.78 Å². The van der Waals surface area contributed by atoms with Crippen LogP contribution in [0.1, 0.15) is 37.7 Å². The van der Waals surface area contributed by atoms with Crippen molar-refractivity contribution in [2.24, 2.45) is 11.1 Å². The van der Waals surface area contributed by atoms with Gasteiger partial charge in [-0.2, -0.15) is 0 Å². The summed E-state index contributed by atoms with van der Waals surface area (Å²) in [5.41, 5.74) is 0.432. The average molecular weight is 252 g/mol. The quantitative estimate of drug-likeness (QED) is 0.588. The maximum atomic E-state index is 12.9. The van der Waals surface area contributed by atoms with Crippen LogP contribution in [0.15, 0.2) is 23.4 Å². The van der Waals surface area contributed by atoms with E-state index in [9.17, 15) is 8.78 Å². The van der Waals surface area contributed by atoms with Gasteiger partial charge in [-0.05, 0) is 30.5 Å². The first-order valence-electron chi connectivity index (χ1n) is 6.26. The average Bonchev–Trinajstić information content (AvgIpc) is 2.35. The third-order valence-electron chi connectivity index (χ3n) is 3.06. The van der Waals surface area contributed by atoms with Crippen LogP contribution in [0.25, 0.3) is 0 Å². The normalized spacial score (nSPS) is 17.2. The molecule has 1 aliphatic rings. The monoisotopic (exact) mass is 252 g/mol. The van der Waals surface area contributed by atoms with Crippen molar-refractivity contribution in [3.63, 3.8) is 0 Å². The molecule has 1 aromatic rings. The molecule has 1 aromatic carbocycles. The molecule has 0 N–H and O–H groups in total. The van der Waals surface area contributed by atoms with E-state index < -0.39 is 11.6 Å². The standard InChI is InChI=1S/C14H16F2NO/c15-13-6-12(7-14(16)8-13)10-18-17-9-11-4-2-1-3-5-11/h6-8,11H,1-5,10H2. The second-order valence-corrected chi connectivity index (χ2v) is 4.61. The summed E-state index contributed by atoms with van der Waals surface area (Å²) in [6.07, 6.45) is 8.83. The fourth-order valence-electron chi connectivity index (χ4n) is 2.14. The number of rotatable bonds is 4. The number of benzene rings is 1. The van der Waals surface area contributed by atoms with Gasteiger partial charge in [-0.25, -0.2) is 8.78 Å². The molecule has 0 saturated heterocycles. The maximum Gasteiger partial charge on any atom is 0.142 e. The third-order valence-corrected chi connectivity index (χ3v) is 3.06. The molecule has 4 heteroatoms. The Hall–Kier alpha value is -1.45. The molecule has 0 heterocycles. The molecule has 2 nitrogen and oxygen atoms in total. The Bertz CT molecular complexity index is 394. The molecular formula is C14H16F2NO. The molecule has 1 fully saturated rings. The van der Waals surface area contributed by atoms with E-state index in [-0.39, 0.29) is 6.61 Å². The van der Waals surface area contributed by atoms with E-state index in [0.29, 0.717) is 11.5 Å². The van der Waals surface area contributed by atoms with E-state index in [1.807, 2.05) is 0 Å². The molecule has 2 rings (SSSR count). The van der Waals surface area contributed by atoms with Gasteiger partial charge in [0.05, 0.1) is 0 Å². The minimum atomic E-state index is -0.603. The van der Waals surface area contributed by atoms with Crippen molar-refractivity contribution in [2.75, 3.05) is 0 Å². The van der Waals surface area contributed by atoms with Gasteiger partial charge in [0.1, 0.15) is 24.5 Å². The summed E-state index contributed by atoms with van der Waals surface area (Å²) in [6.45, 7) is 0.0639. The van der Waals surface area contributed by atoms with Gasteiger partial charge in [0.15, 0.2) is 0 Å². The van der Waals surface area contributed by atoms with E-state index in [1.165, 1.54) is 31.4 Å². The largest absolute Gasteiger partial charge is 0.391 e. The molecule has 0 aliphatic heterocycles. The summed E-state index contributed by atoms with van der Waals surface area (Å²) in [7, 11) is 0. The van der Waals surface area contributed by atoms with Crippen LogP contribution in [0.2, 0.25) is 0 Å². The van der Waals surface area contributed by atoms with Crippen LogP contribution < -0.4 is 0 Å². The van der Waals surface area contributed by atoms with Gasteiger partial charge in [-0.3, -0.25) is 0 Å². The Kier molecular flexibility index (Phi) is 4.67. The fourth-order valence-corrected chi connectivity index (χ4v) is 2.14. The third kappa shape index (κ3) is 4.09. The topological polar surface area (TPSA) is 21.6 Å². The van der Waals surface area contributed by atoms with Gasteiger partial charge in [-0.1, -0.05) is 24.4 Å². The molecule has 0 atom stereocenters. The molecule has 0 aromatic heterocycles. The summed E-state index contributed by atoms with van der Waals surface area (Å²) in [4.78, 5) is 5.01. The Morgan fingerprint density at radius 2 is 1.78 bits per heavy atom. The van der Waals surface area contributed by atoms with Crippen LogP contribution in [0.5, 0.6) is 0 Å². The maximum absolute atomic E-state index is 12.9. The van der Waals surface area contributed by atoms with Crippen LogP contribution in [-0.2, 0) is 11.4 Å². The first kappa shape index (κ1) is 13.0. The van der Waals surface area contributed by atoms with Gasteiger partial charge in [-0.15, -0.1) is 0 Å². The molecule has 18 heavy (non-hydrogen) atoms. The zero-order chi connectivity index (χ0) is 12.8. The zero-order valence-electron chi connectivity index (χ0n) is 10.2. The number of hydrogen-bond acceptors (Lipinski definition) is 2. The summed E-state index contributed by atoms with van der Waals surface area (Å²) < 4.78 is 25.8. The lowest BCUT2D eigenvalue weighted by Gasteiger charge is -2.15. The van der Waals surface area contributed by atoms with Gasteiger partial charge in [0, 0.05) is 12.0 Å². The van der Waals surface area contributed by atoms with E-state index >= 15 is 0 Å². The molecule has 97 valence electrons. The first-order chi connectivity index (χ1) is 8.74. The Morgan fingerprint density at radius 1 is 1.11 bits per heavy atom. The fraction of sp³-hybridized carbons (Fsp3) is 0.500. The van der Waals surface area contributed by atoms with Crippen LogP contribution in [0.3, 0.4) is 0 Å². The van der Waals surface area contributed by atoms with Crippen molar-refractivity contribution < 1.29 is 13.6 Å². The highest BCUT2D eigenvalue weighted by Crippen LogP contribution is 2.21. The number of halogens is 2. The van der Waals surface area contributed by atoms with Crippen LogP contribution in [0, 0.1) is 17.6 Å². The number of hydrogen-bond donors (Lipinski definition) is 0. The predicted octanol–water partition coefficient (Wildman–Crippen LogP) is 3.92. The predicted molar refractivity (Wildman–Crippen MR) is 65.2 cm³/mol. The highest BCUT2D eigenvalue weighted by Gasteiger charge is 2.11. The second kappa shape index (κ2) is 6.47. The summed E-state index contributed by atoms with van der Waals surface area (Å²) in [5.74, 6) is -0.842. The van der Waals surface area contributed by atoms with Gasteiger partial charge >= 0.3 is 0 Å². The molecule has 0 spiro atoms. The number of nitrogens with zero attached hydrogens (tertiary/aromatic N) is 1. The Labute approximate surface area is 106 Å². The molecular weight excluding hydrogens is 236 g/mol. The van der Waals surface area contributed by atoms with E-state index in [2.05, 4.69) is 11.4 Å². The molecule has 0 bridgehead atoms.